The lowest BCUT2D eigenvalue weighted by Gasteiger charge is -2.44. The first kappa shape index (κ1) is 17.2. The molecule has 122 valence electrons. The Bertz CT molecular complexity index is 433. The fraction of sp³-hybridized carbons (Fsp3) is 0.944. The van der Waals surface area contributed by atoms with E-state index in [-0.39, 0.29) is 27.9 Å². The molecule has 2 saturated carbocycles. The van der Waals surface area contributed by atoms with Gasteiger partial charge in [0.05, 0.1) is 6.10 Å². The largest absolute Gasteiger partial charge is 0.413 e. The summed E-state index contributed by atoms with van der Waals surface area (Å²) in [4.78, 5) is 12.7. The summed E-state index contributed by atoms with van der Waals surface area (Å²) in [5.74, 6) is 0.546. The minimum absolute atomic E-state index is 0.0631. The van der Waals surface area contributed by atoms with Gasteiger partial charge in [0.25, 0.3) is 0 Å². The molecule has 0 aromatic carbocycles. The number of carbonyl (C=O) groups excluding carboxylic acids is 1. The highest BCUT2D eigenvalue weighted by atomic mass is 28.4. The summed E-state index contributed by atoms with van der Waals surface area (Å²) in [6.07, 6.45) is 4.31. The molecule has 0 aliphatic heterocycles. The van der Waals surface area contributed by atoms with Gasteiger partial charge >= 0.3 is 0 Å². The lowest BCUT2D eigenvalue weighted by atomic mass is 9.64. The zero-order valence-electron chi connectivity index (χ0n) is 15.3. The molecule has 2 fully saturated rings. The number of rotatable bonds is 2. The minimum Gasteiger partial charge on any atom is -0.413 e. The van der Waals surface area contributed by atoms with Gasteiger partial charge in [-0.15, -0.1) is 0 Å². The van der Waals surface area contributed by atoms with Crippen LogP contribution in [-0.4, -0.2) is 20.2 Å². The Labute approximate surface area is 132 Å². The number of hydrogen-bond donors (Lipinski definition) is 0. The van der Waals surface area contributed by atoms with E-state index < -0.39 is 8.32 Å². The topological polar surface area (TPSA) is 26.3 Å². The van der Waals surface area contributed by atoms with Gasteiger partial charge < -0.3 is 4.43 Å². The average molecular weight is 311 g/mol. The molecule has 2 rings (SSSR count). The fourth-order valence-corrected chi connectivity index (χ4v) is 5.49. The highest BCUT2D eigenvalue weighted by Gasteiger charge is 2.60. The van der Waals surface area contributed by atoms with E-state index in [0.29, 0.717) is 5.78 Å². The first-order valence-corrected chi connectivity index (χ1v) is 11.4. The third kappa shape index (κ3) is 2.65. The number of fused-ring (bicyclic) bond motifs is 2. The number of carbonyl (C=O) groups is 1. The van der Waals surface area contributed by atoms with Crippen molar-refractivity contribution >= 4 is 14.1 Å². The van der Waals surface area contributed by atoms with Gasteiger partial charge in [0, 0.05) is 12.3 Å². The molecule has 2 aliphatic carbocycles. The standard InChI is InChI=1S/C18H34O2Si/c1-16(2,3)21(7,8)20-14-10-9-11-18(6)12-13(19)15(14)17(18,4)5/h14-15H,9-12H2,1-8H3/t14-,15+,18+/m1/s1. The van der Waals surface area contributed by atoms with E-state index in [1.807, 2.05) is 0 Å². The van der Waals surface area contributed by atoms with Gasteiger partial charge in [0.2, 0.25) is 0 Å². The second-order valence-corrected chi connectivity index (χ2v) is 14.5. The molecule has 0 radical (unpaired) electrons. The third-order valence-corrected chi connectivity index (χ3v) is 11.6. The van der Waals surface area contributed by atoms with Crippen molar-refractivity contribution in [3.8, 4) is 0 Å². The van der Waals surface area contributed by atoms with E-state index in [9.17, 15) is 4.79 Å². The number of Topliss-reactive ketones (excluding diaryl/α,β-unsaturated/α-hetero) is 1. The fourth-order valence-electron chi connectivity index (χ4n) is 4.13. The molecule has 0 N–H and O–H groups in total. The highest BCUT2D eigenvalue weighted by molar-refractivity contribution is 6.74. The summed E-state index contributed by atoms with van der Waals surface area (Å²) in [6.45, 7) is 18.4. The summed E-state index contributed by atoms with van der Waals surface area (Å²) < 4.78 is 6.72. The highest BCUT2D eigenvalue weighted by Crippen LogP contribution is 2.60. The van der Waals surface area contributed by atoms with Crippen LogP contribution in [-0.2, 0) is 9.22 Å². The predicted octanol–water partition coefficient (Wildman–Crippen LogP) is 5.18. The zero-order valence-corrected chi connectivity index (χ0v) is 16.3. The van der Waals surface area contributed by atoms with E-state index in [0.717, 1.165) is 12.8 Å². The van der Waals surface area contributed by atoms with Crippen molar-refractivity contribution in [2.24, 2.45) is 16.7 Å². The Morgan fingerprint density at radius 3 is 2.29 bits per heavy atom. The van der Waals surface area contributed by atoms with Crippen LogP contribution in [0.15, 0.2) is 0 Å². The summed E-state index contributed by atoms with van der Waals surface area (Å²) >= 11 is 0. The smallest absolute Gasteiger partial charge is 0.192 e. The normalized spacial score (nSPS) is 36.7. The minimum atomic E-state index is -1.82. The molecule has 2 aliphatic rings. The molecule has 0 unspecified atom stereocenters. The second kappa shape index (κ2) is 4.92. The molecule has 21 heavy (non-hydrogen) atoms. The van der Waals surface area contributed by atoms with Crippen molar-refractivity contribution in [1.82, 2.24) is 0 Å². The Morgan fingerprint density at radius 2 is 1.76 bits per heavy atom. The van der Waals surface area contributed by atoms with Crippen LogP contribution in [0.2, 0.25) is 18.1 Å². The molecule has 0 spiro atoms. The molecular formula is C18H34O2Si. The van der Waals surface area contributed by atoms with Crippen molar-refractivity contribution in [3.63, 3.8) is 0 Å². The van der Waals surface area contributed by atoms with Gasteiger partial charge in [-0.1, -0.05) is 48.0 Å². The van der Waals surface area contributed by atoms with Gasteiger partial charge in [-0.05, 0) is 41.8 Å². The van der Waals surface area contributed by atoms with Crippen LogP contribution >= 0.6 is 0 Å². The van der Waals surface area contributed by atoms with Crippen molar-refractivity contribution < 1.29 is 9.22 Å². The van der Waals surface area contributed by atoms with Crippen molar-refractivity contribution in [2.45, 2.75) is 91.5 Å². The van der Waals surface area contributed by atoms with Crippen LogP contribution < -0.4 is 0 Å². The molecule has 2 nitrogen and oxygen atoms in total. The zero-order chi connectivity index (χ0) is 16.3. The molecule has 3 heteroatoms. The Morgan fingerprint density at radius 1 is 1.19 bits per heavy atom. The predicted molar refractivity (Wildman–Crippen MR) is 90.9 cm³/mol. The maximum absolute atomic E-state index is 12.7. The van der Waals surface area contributed by atoms with E-state index >= 15 is 0 Å². The molecule has 0 aromatic heterocycles. The van der Waals surface area contributed by atoms with Gasteiger partial charge in [-0.3, -0.25) is 4.79 Å². The lowest BCUT2D eigenvalue weighted by Crippen LogP contribution is -2.48. The third-order valence-electron chi connectivity index (χ3n) is 7.09. The molecule has 0 aromatic rings. The van der Waals surface area contributed by atoms with Crippen LogP contribution in [0.1, 0.15) is 67.2 Å². The number of ketones is 1. The molecule has 2 bridgehead atoms. The Kier molecular flexibility index (Phi) is 4.03. The van der Waals surface area contributed by atoms with E-state index in [4.69, 9.17) is 4.43 Å². The lowest BCUT2D eigenvalue weighted by molar-refractivity contribution is -0.125. The summed E-state index contributed by atoms with van der Waals surface area (Å²) in [6, 6.07) is 0. The van der Waals surface area contributed by atoms with Gasteiger partial charge in [-0.2, -0.15) is 0 Å². The summed E-state index contributed by atoms with van der Waals surface area (Å²) in [5.41, 5.74) is 0.230. The van der Waals surface area contributed by atoms with Crippen LogP contribution in [0.5, 0.6) is 0 Å². The van der Waals surface area contributed by atoms with Crippen LogP contribution in [0.25, 0.3) is 0 Å². The number of hydrogen-bond acceptors (Lipinski definition) is 2. The van der Waals surface area contributed by atoms with Gasteiger partial charge in [-0.25, -0.2) is 0 Å². The molecule has 3 atom stereocenters. The maximum atomic E-state index is 12.7. The van der Waals surface area contributed by atoms with Crippen molar-refractivity contribution in [3.05, 3.63) is 0 Å². The molecule has 0 heterocycles. The quantitative estimate of drug-likeness (QED) is 0.657. The first-order valence-electron chi connectivity index (χ1n) is 8.52. The maximum Gasteiger partial charge on any atom is 0.192 e. The van der Waals surface area contributed by atoms with E-state index in [2.05, 4.69) is 54.6 Å². The van der Waals surface area contributed by atoms with Gasteiger partial charge in [0.15, 0.2) is 8.32 Å². The Balaban J connectivity index is 2.32. The second-order valence-electron chi connectivity index (χ2n) is 9.71. The van der Waals surface area contributed by atoms with Crippen LogP contribution in [0, 0.1) is 16.7 Å². The average Bonchev–Trinajstić information content (AvgIpc) is 2.34. The van der Waals surface area contributed by atoms with Gasteiger partial charge in [0.1, 0.15) is 5.78 Å². The molecule has 0 amide bonds. The summed E-state index contributed by atoms with van der Waals surface area (Å²) in [7, 11) is -1.82. The Hall–Kier alpha value is -0.153. The van der Waals surface area contributed by atoms with E-state index in [1.54, 1.807) is 0 Å². The SMILES string of the molecule is CC1(C)[C@H]2C(=O)C[C@]1(C)CCC[C@H]2O[Si](C)(C)C(C)(C)C. The van der Waals surface area contributed by atoms with Crippen molar-refractivity contribution in [1.29, 1.82) is 0 Å². The monoisotopic (exact) mass is 310 g/mol. The van der Waals surface area contributed by atoms with Crippen LogP contribution in [0.3, 0.4) is 0 Å². The molecule has 0 saturated heterocycles. The molecular weight excluding hydrogens is 276 g/mol. The van der Waals surface area contributed by atoms with E-state index in [1.165, 1.54) is 12.8 Å². The van der Waals surface area contributed by atoms with Crippen LogP contribution in [0.4, 0.5) is 0 Å². The van der Waals surface area contributed by atoms with Crippen molar-refractivity contribution in [2.75, 3.05) is 0 Å². The summed E-state index contributed by atoms with van der Waals surface area (Å²) in [5, 5.41) is 0.203. The first-order chi connectivity index (χ1) is 9.32.